The normalized spacial score (nSPS) is 12.0. The molecule has 154 valence electrons. The second-order valence-electron chi connectivity index (χ2n) is 6.79. The van der Waals surface area contributed by atoms with E-state index in [-0.39, 0.29) is 18.6 Å². The molecule has 4 rings (SSSR count). The lowest BCUT2D eigenvalue weighted by atomic mass is 10.1. The van der Waals surface area contributed by atoms with Gasteiger partial charge in [-0.3, -0.25) is 9.78 Å². The summed E-state index contributed by atoms with van der Waals surface area (Å²) >= 11 is 1.56. The highest BCUT2D eigenvalue weighted by molar-refractivity contribution is 7.10. The SMILES string of the molecule is O=C(COC(=O)/C=C/c1cccc2cccnc12)NC(c1ccccc1)c1cccs1. The Labute approximate surface area is 184 Å². The molecule has 31 heavy (non-hydrogen) atoms. The maximum Gasteiger partial charge on any atom is 0.331 e. The van der Waals surface area contributed by atoms with Crippen LogP contribution in [0.15, 0.2) is 90.4 Å². The predicted molar refractivity (Wildman–Crippen MR) is 122 cm³/mol. The molecule has 6 heteroatoms. The summed E-state index contributed by atoms with van der Waals surface area (Å²) in [6.07, 6.45) is 4.66. The third-order valence-electron chi connectivity index (χ3n) is 4.67. The van der Waals surface area contributed by atoms with Crippen LogP contribution >= 0.6 is 11.3 Å². The molecule has 0 bridgehead atoms. The summed E-state index contributed by atoms with van der Waals surface area (Å²) in [5, 5.41) is 5.90. The summed E-state index contributed by atoms with van der Waals surface area (Å²) in [7, 11) is 0. The van der Waals surface area contributed by atoms with Crippen LogP contribution in [0.3, 0.4) is 0 Å². The summed E-state index contributed by atoms with van der Waals surface area (Å²) < 4.78 is 5.14. The summed E-state index contributed by atoms with van der Waals surface area (Å²) in [5.41, 5.74) is 2.57. The molecule has 2 aromatic carbocycles. The molecule has 1 atom stereocenters. The Hall–Kier alpha value is -3.77. The molecular weight excluding hydrogens is 408 g/mol. The van der Waals surface area contributed by atoms with Gasteiger partial charge in [-0.15, -0.1) is 11.3 Å². The van der Waals surface area contributed by atoms with E-state index in [0.29, 0.717) is 0 Å². The highest BCUT2D eigenvalue weighted by Crippen LogP contribution is 2.25. The number of carbonyl (C=O) groups is 2. The molecule has 2 heterocycles. The van der Waals surface area contributed by atoms with Crippen molar-refractivity contribution >= 4 is 40.2 Å². The number of aromatic nitrogens is 1. The Kier molecular flexibility index (Phi) is 6.50. The Morgan fingerprint density at radius 2 is 1.84 bits per heavy atom. The van der Waals surface area contributed by atoms with E-state index in [1.54, 1.807) is 23.6 Å². The van der Waals surface area contributed by atoms with Crippen LogP contribution in [-0.4, -0.2) is 23.5 Å². The average Bonchev–Trinajstić information content (AvgIpc) is 3.35. The van der Waals surface area contributed by atoms with Gasteiger partial charge in [-0.1, -0.05) is 60.7 Å². The summed E-state index contributed by atoms with van der Waals surface area (Å²) in [6, 6.07) is 22.9. The number of carbonyl (C=O) groups excluding carboxylic acids is 2. The van der Waals surface area contributed by atoms with Crippen molar-refractivity contribution in [3.8, 4) is 0 Å². The summed E-state index contributed by atoms with van der Waals surface area (Å²) in [5.74, 6) is -0.953. The number of rotatable bonds is 7. The maximum atomic E-state index is 12.5. The number of ether oxygens (including phenoxy) is 1. The smallest absolute Gasteiger partial charge is 0.331 e. The number of nitrogens with zero attached hydrogens (tertiary/aromatic N) is 1. The Morgan fingerprint density at radius 3 is 2.65 bits per heavy atom. The van der Waals surface area contributed by atoms with E-state index < -0.39 is 5.97 Å². The molecule has 0 spiro atoms. The molecule has 1 unspecified atom stereocenters. The Bertz CT molecular complexity index is 1200. The summed E-state index contributed by atoms with van der Waals surface area (Å²) in [6.45, 7) is -0.355. The lowest BCUT2D eigenvalue weighted by molar-refractivity contribution is -0.143. The third-order valence-corrected chi connectivity index (χ3v) is 5.61. The number of thiophene rings is 1. The van der Waals surface area contributed by atoms with Crippen molar-refractivity contribution in [1.82, 2.24) is 10.3 Å². The number of hydrogen-bond donors (Lipinski definition) is 1. The van der Waals surface area contributed by atoms with Gasteiger partial charge in [-0.2, -0.15) is 0 Å². The molecule has 0 fully saturated rings. The van der Waals surface area contributed by atoms with Gasteiger partial charge >= 0.3 is 5.97 Å². The van der Waals surface area contributed by atoms with Gasteiger partial charge in [0.2, 0.25) is 0 Å². The van der Waals surface area contributed by atoms with E-state index in [0.717, 1.165) is 26.9 Å². The number of fused-ring (bicyclic) bond motifs is 1. The van der Waals surface area contributed by atoms with E-state index in [2.05, 4.69) is 10.3 Å². The molecule has 4 aromatic rings. The molecular formula is C25H20N2O3S. The topological polar surface area (TPSA) is 68.3 Å². The fourth-order valence-corrected chi connectivity index (χ4v) is 4.03. The number of nitrogens with one attached hydrogen (secondary N) is 1. The average molecular weight is 429 g/mol. The molecule has 1 N–H and O–H groups in total. The second kappa shape index (κ2) is 9.82. The quantitative estimate of drug-likeness (QED) is 0.340. The fraction of sp³-hybridized carbons (Fsp3) is 0.0800. The molecule has 5 nitrogen and oxygen atoms in total. The standard InChI is InChI=1S/C25H20N2O3S/c28-22(27-25(21-12-6-16-31-21)19-7-2-1-3-8-19)17-30-23(29)14-13-20-10-4-9-18-11-5-15-26-24(18)20/h1-16,25H,17H2,(H,27,28)/b14-13+. The molecule has 2 aromatic heterocycles. The molecule has 0 radical (unpaired) electrons. The molecule has 1 amide bonds. The van der Waals surface area contributed by atoms with E-state index in [1.807, 2.05) is 78.2 Å². The van der Waals surface area contributed by atoms with Crippen LogP contribution in [0.5, 0.6) is 0 Å². The molecule has 0 saturated carbocycles. The molecule has 0 aliphatic carbocycles. The van der Waals surface area contributed by atoms with Crippen LogP contribution in [0.2, 0.25) is 0 Å². The van der Waals surface area contributed by atoms with Crippen molar-refractivity contribution in [1.29, 1.82) is 0 Å². The first-order valence-corrected chi connectivity index (χ1v) is 10.6. The van der Waals surface area contributed by atoms with Gasteiger partial charge in [0, 0.05) is 28.1 Å². The maximum absolute atomic E-state index is 12.5. The van der Waals surface area contributed by atoms with Crippen LogP contribution in [0.1, 0.15) is 22.0 Å². The fourth-order valence-electron chi connectivity index (χ4n) is 3.23. The largest absolute Gasteiger partial charge is 0.452 e. The Balaban J connectivity index is 1.37. The second-order valence-corrected chi connectivity index (χ2v) is 7.77. The first-order valence-electron chi connectivity index (χ1n) is 9.77. The van der Waals surface area contributed by atoms with E-state index in [9.17, 15) is 9.59 Å². The number of para-hydroxylation sites is 1. The first-order chi connectivity index (χ1) is 15.2. The Morgan fingerprint density at radius 1 is 1.00 bits per heavy atom. The number of hydrogen-bond acceptors (Lipinski definition) is 5. The number of esters is 1. The highest BCUT2D eigenvalue weighted by Gasteiger charge is 2.18. The third kappa shape index (κ3) is 5.24. The molecule has 0 saturated heterocycles. The van der Waals surface area contributed by atoms with E-state index in [4.69, 9.17) is 4.74 Å². The van der Waals surface area contributed by atoms with Crippen LogP contribution in [-0.2, 0) is 14.3 Å². The minimum absolute atomic E-state index is 0.287. The van der Waals surface area contributed by atoms with Crippen LogP contribution in [0.4, 0.5) is 0 Å². The van der Waals surface area contributed by atoms with Crippen LogP contribution < -0.4 is 5.32 Å². The predicted octanol–water partition coefficient (Wildman–Crippen LogP) is 4.76. The van der Waals surface area contributed by atoms with E-state index in [1.165, 1.54) is 6.08 Å². The van der Waals surface area contributed by atoms with Gasteiger partial charge in [-0.25, -0.2) is 4.79 Å². The molecule has 0 aliphatic heterocycles. The van der Waals surface area contributed by atoms with Crippen LogP contribution in [0.25, 0.3) is 17.0 Å². The van der Waals surface area contributed by atoms with Crippen molar-refractivity contribution in [2.45, 2.75) is 6.04 Å². The number of pyridine rings is 1. The monoisotopic (exact) mass is 428 g/mol. The van der Waals surface area contributed by atoms with Gasteiger partial charge in [0.05, 0.1) is 11.6 Å². The molecule has 0 aliphatic rings. The van der Waals surface area contributed by atoms with Gasteiger partial charge in [0.15, 0.2) is 6.61 Å². The zero-order chi connectivity index (χ0) is 21.5. The van der Waals surface area contributed by atoms with Gasteiger partial charge < -0.3 is 10.1 Å². The minimum Gasteiger partial charge on any atom is -0.452 e. The first kappa shape index (κ1) is 20.5. The van der Waals surface area contributed by atoms with Crippen molar-refractivity contribution in [2.75, 3.05) is 6.61 Å². The minimum atomic E-state index is -0.588. The van der Waals surface area contributed by atoms with Crippen molar-refractivity contribution in [3.05, 3.63) is 106 Å². The number of amides is 1. The number of benzene rings is 2. The van der Waals surface area contributed by atoms with Gasteiger partial charge in [0.25, 0.3) is 5.91 Å². The summed E-state index contributed by atoms with van der Waals surface area (Å²) in [4.78, 5) is 30.0. The lowest BCUT2D eigenvalue weighted by Crippen LogP contribution is -2.32. The van der Waals surface area contributed by atoms with Crippen molar-refractivity contribution < 1.29 is 14.3 Å². The highest BCUT2D eigenvalue weighted by atomic mass is 32.1. The lowest BCUT2D eigenvalue weighted by Gasteiger charge is -2.18. The van der Waals surface area contributed by atoms with Crippen molar-refractivity contribution in [2.24, 2.45) is 0 Å². The zero-order valence-corrected chi connectivity index (χ0v) is 17.4. The van der Waals surface area contributed by atoms with E-state index >= 15 is 0 Å². The van der Waals surface area contributed by atoms with Gasteiger partial charge in [-0.05, 0) is 29.2 Å². The zero-order valence-electron chi connectivity index (χ0n) is 16.6. The van der Waals surface area contributed by atoms with Crippen LogP contribution in [0, 0.1) is 0 Å². The van der Waals surface area contributed by atoms with Crippen molar-refractivity contribution in [3.63, 3.8) is 0 Å². The van der Waals surface area contributed by atoms with Gasteiger partial charge in [0.1, 0.15) is 0 Å².